The van der Waals surface area contributed by atoms with Crippen LogP contribution in [-0.4, -0.2) is 23.4 Å². The van der Waals surface area contributed by atoms with Crippen LogP contribution in [-0.2, 0) is 18.3 Å². The molecule has 0 aliphatic carbocycles. The first-order valence-electron chi connectivity index (χ1n) is 5.86. The minimum Gasteiger partial charge on any atom is -0.408 e. The second kappa shape index (κ2) is 5.18. The van der Waals surface area contributed by atoms with Crippen molar-refractivity contribution in [3.63, 3.8) is 0 Å². The van der Waals surface area contributed by atoms with Gasteiger partial charge in [0.1, 0.15) is 5.78 Å². The van der Waals surface area contributed by atoms with E-state index in [2.05, 4.69) is 5.32 Å². The van der Waals surface area contributed by atoms with Crippen molar-refractivity contribution in [2.75, 3.05) is 13.1 Å². The van der Waals surface area contributed by atoms with Gasteiger partial charge in [0, 0.05) is 7.05 Å². The normalized spacial score (nSPS) is 11.0. The Hall–Kier alpha value is -1.88. The lowest BCUT2D eigenvalue weighted by atomic mass is 10.1. The number of rotatable bonds is 5. The molecule has 2 rings (SSSR count). The zero-order chi connectivity index (χ0) is 13.1. The SMILES string of the molecule is CC(=O)CNCCc1ccc2c(c1)oc(=O)n2C. The molecule has 5 heteroatoms. The summed E-state index contributed by atoms with van der Waals surface area (Å²) in [6.07, 6.45) is 0.793. The molecule has 0 bridgehead atoms. The third kappa shape index (κ3) is 2.68. The fourth-order valence-electron chi connectivity index (χ4n) is 1.83. The minimum absolute atomic E-state index is 0.125. The largest absolute Gasteiger partial charge is 0.419 e. The van der Waals surface area contributed by atoms with E-state index in [1.807, 2.05) is 18.2 Å². The number of aryl methyl sites for hydroxylation is 1. The Bertz CT molecular complexity index is 625. The lowest BCUT2D eigenvalue weighted by Crippen LogP contribution is -2.23. The van der Waals surface area contributed by atoms with E-state index in [1.54, 1.807) is 14.0 Å². The highest BCUT2D eigenvalue weighted by molar-refractivity contribution is 5.77. The molecule has 1 N–H and O–H groups in total. The van der Waals surface area contributed by atoms with Crippen LogP contribution < -0.4 is 11.1 Å². The number of carbonyl (C=O) groups excluding carboxylic acids is 1. The Balaban J connectivity index is 2.06. The van der Waals surface area contributed by atoms with Crippen LogP contribution in [0.5, 0.6) is 0 Å². The lowest BCUT2D eigenvalue weighted by molar-refractivity contribution is -0.116. The van der Waals surface area contributed by atoms with Gasteiger partial charge in [-0.05, 0) is 37.6 Å². The van der Waals surface area contributed by atoms with Gasteiger partial charge in [0.15, 0.2) is 5.58 Å². The van der Waals surface area contributed by atoms with E-state index in [9.17, 15) is 9.59 Å². The van der Waals surface area contributed by atoms with Gasteiger partial charge in [0.05, 0.1) is 12.1 Å². The van der Waals surface area contributed by atoms with Crippen LogP contribution in [0.4, 0.5) is 0 Å². The monoisotopic (exact) mass is 248 g/mol. The zero-order valence-electron chi connectivity index (χ0n) is 10.5. The quantitative estimate of drug-likeness (QED) is 0.797. The maximum absolute atomic E-state index is 11.3. The van der Waals surface area contributed by atoms with E-state index in [0.717, 1.165) is 24.0 Å². The Labute approximate surface area is 104 Å². The molecule has 0 saturated heterocycles. The highest BCUT2D eigenvalue weighted by Gasteiger charge is 2.06. The van der Waals surface area contributed by atoms with Gasteiger partial charge in [0.25, 0.3) is 0 Å². The molecule has 1 aromatic carbocycles. The molecule has 0 unspecified atom stereocenters. The molecule has 1 heterocycles. The molecule has 18 heavy (non-hydrogen) atoms. The van der Waals surface area contributed by atoms with Gasteiger partial charge in [-0.25, -0.2) is 4.79 Å². The van der Waals surface area contributed by atoms with Gasteiger partial charge in [-0.15, -0.1) is 0 Å². The van der Waals surface area contributed by atoms with Crippen LogP contribution in [0.3, 0.4) is 0 Å². The van der Waals surface area contributed by atoms with Gasteiger partial charge in [-0.1, -0.05) is 6.07 Å². The van der Waals surface area contributed by atoms with Gasteiger partial charge >= 0.3 is 5.76 Å². The summed E-state index contributed by atoms with van der Waals surface area (Å²) in [6, 6.07) is 5.71. The van der Waals surface area contributed by atoms with Crippen molar-refractivity contribution >= 4 is 16.9 Å². The van der Waals surface area contributed by atoms with E-state index >= 15 is 0 Å². The summed E-state index contributed by atoms with van der Waals surface area (Å²) in [5.41, 5.74) is 2.47. The van der Waals surface area contributed by atoms with Crippen LogP contribution >= 0.6 is 0 Å². The number of nitrogens with zero attached hydrogens (tertiary/aromatic N) is 1. The Morgan fingerprint density at radius 2 is 2.22 bits per heavy atom. The van der Waals surface area contributed by atoms with Crippen molar-refractivity contribution in [3.8, 4) is 0 Å². The summed E-state index contributed by atoms with van der Waals surface area (Å²) in [6.45, 7) is 2.67. The number of hydrogen-bond donors (Lipinski definition) is 1. The first-order chi connectivity index (χ1) is 8.58. The Morgan fingerprint density at radius 3 is 2.94 bits per heavy atom. The molecule has 0 spiro atoms. The molecular formula is C13H16N2O3. The number of oxazole rings is 1. The van der Waals surface area contributed by atoms with Crippen LogP contribution in [0, 0.1) is 0 Å². The van der Waals surface area contributed by atoms with Crippen LogP contribution in [0.25, 0.3) is 11.1 Å². The summed E-state index contributed by atoms with van der Waals surface area (Å²) in [4.78, 5) is 22.1. The topological polar surface area (TPSA) is 64.2 Å². The van der Waals surface area contributed by atoms with Crippen molar-refractivity contribution in [2.45, 2.75) is 13.3 Å². The number of ketones is 1. The predicted molar refractivity (Wildman–Crippen MR) is 68.7 cm³/mol. The summed E-state index contributed by atoms with van der Waals surface area (Å²) < 4.78 is 6.60. The summed E-state index contributed by atoms with van der Waals surface area (Å²) in [7, 11) is 1.68. The molecule has 0 fully saturated rings. The maximum Gasteiger partial charge on any atom is 0.419 e. The number of nitrogens with one attached hydrogen (secondary N) is 1. The van der Waals surface area contributed by atoms with Crippen LogP contribution in [0.15, 0.2) is 27.4 Å². The number of Topliss-reactive ketones (excluding diaryl/α,β-unsaturated/α-hetero) is 1. The van der Waals surface area contributed by atoms with Gasteiger partial charge in [0.2, 0.25) is 0 Å². The lowest BCUT2D eigenvalue weighted by Gasteiger charge is -2.02. The molecule has 0 saturated carbocycles. The average molecular weight is 248 g/mol. The van der Waals surface area contributed by atoms with E-state index < -0.39 is 0 Å². The number of hydrogen-bond acceptors (Lipinski definition) is 4. The van der Waals surface area contributed by atoms with Gasteiger partial charge in [-0.2, -0.15) is 0 Å². The van der Waals surface area contributed by atoms with Crippen molar-refractivity contribution < 1.29 is 9.21 Å². The van der Waals surface area contributed by atoms with Crippen molar-refractivity contribution in [1.29, 1.82) is 0 Å². The number of fused-ring (bicyclic) bond motifs is 1. The number of benzene rings is 1. The van der Waals surface area contributed by atoms with Gasteiger partial charge < -0.3 is 9.73 Å². The molecule has 0 aliphatic heterocycles. The predicted octanol–water partition coefficient (Wildman–Crippen LogP) is 0.853. The van der Waals surface area contributed by atoms with E-state index in [4.69, 9.17) is 4.42 Å². The van der Waals surface area contributed by atoms with Gasteiger partial charge in [-0.3, -0.25) is 9.36 Å². The average Bonchev–Trinajstić information content (AvgIpc) is 2.60. The fourth-order valence-corrected chi connectivity index (χ4v) is 1.83. The number of aromatic nitrogens is 1. The van der Waals surface area contributed by atoms with Crippen molar-refractivity contribution in [1.82, 2.24) is 9.88 Å². The van der Waals surface area contributed by atoms with Crippen molar-refractivity contribution in [3.05, 3.63) is 34.3 Å². The molecule has 0 amide bonds. The molecule has 0 radical (unpaired) electrons. The van der Waals surface area contributed by atoms with Crippen LogP contribution in [0.1, 0.15) is 12.5 Å². The molecule has 2 aromatic rings. The molecule has 96 valence electrons. The second-order valence-corrected chi connectivity index (χ2v) is 4.36. The molecule has 0 atom stereocenters. The highest BCUT2D eigenvalue weighted by atomic mass is 16.4. The first-order valence-corrected chi connectivity index (χ1v) is 5.86. The molecule has 0 aliphatic rings. The van der Waals surface area contributed by atoms with Crippen LogP contribution in [0.2, 0.25) is 0 Å². The van der Waals surface area contributed by atoms with Crippen molar-refractivity contribution in [2.24, 2.45) is 7.05 Å². The first kappa shape index (κ1) is 12.6. The highest BCUT2D eigenvalue weighted by Crippen LogP contribution is 2.14. The van der Waals surface area contributed by atoms with E-state index in [0.29, 0.717) is 12.1 Å². The third-order valence-corrected chi connectivity index (χ3v) is 2.82. The van der Waals surface area contributed by atoms with E-state index in [1.165, 1.54) is 4.57 Å². The smallest absolute Gasteiger partial charge is 0.408 e. The number of carbonyl (C=O) groups is 1. The maximum atomic E-state index is 11.3. The standard InChI is InChI=1S/C13H16N2O3/c1-9(16)8-14-6-5-10-3-4-11-12(7-10)18-13(17)15(11)2/h3-4,7,14H,5-6,8H2,1-2H3. The fraction of sp³-hybridized carbons (Fsp3) is 0.385. The zero-order valence-corrected chi connectivity index (χ0v) is 10.5. The second-order valence-electron chi connectivity index (χ2n) is 4.36. The Morgan fingerprint density at radius 1 is 1.44 bits per heavy atom. The summed E-state index contributed by atoms with van der Waals surface area (Å²) in [5, 5.41) is 3.05. The summed E-state index contributed by atoms with van der Waals surface area (Å²) in [5.74, 6) is -0.226. The molecular weight excluding hydrogens is 232 g/mol. The molecule has 5 nitrogen and oxygen atoms in total. The third-order valence-electron chi connectivity index (χ3n) is 2.82. The Kier molecular flexibility index (Phi) is 3.62. The summed E-state index contributed by atoms with van der Waals surface area (Å²) >= 11 is 0. The van der Waals surface area contributed by atoms with E-state index in [-0.39, 0.29) is 11.5 Å². The minimum atomic E-state index is -0.350. The molecule has 1 aromatic heterocycles.